The number of benzene rings is 1. The minimum atomic E-state index is -0.810. The van der Waals surface area contributed by atoms with Crippen molar-refractivity contribution in [2.75, 3.05) is 11.9 Å². The third-order valence-corrected chi connectivity index (χ3v) is 2.80. The Morgan fingerprint density at radius 1 is 1.22 bits per heavy atom. The molecule has 7 heteroatoms. The van der Waals surface area contributed by atoms with Gasteiger partial charge in [-0.2, -0.15) is 0 Å². The van der Waals surface area contributed by atoms with Crippen LogP contribution in [-0.4, -0.2) is 29.3 Å². The minimum Gasteiger partial charge on any atom is -0.453 e. The normalized spacial score (nSPS) is 10.0. The van der Waals surface area contributed by atoms with Gasteiger partial charge in [-0.25, -0.2) is 14.2 Å². The van der Waals surface area contributed by atoms with Crippen LogP contribution < -0.4 is 5.32 Å². The molecule has 1 heterocycles. The van der Waals surface area contributed by atoms with Crippen molar-refractivity contribution in [1.82, 2.24) is 4.98 Å². The van der Waals surface area contributed by atoms with Crippen molar-refractivity contribution in [2.24, 2.45) is 0 Å². The summed E-state index contributed by atoms with van der Waals surface area (Å²) in [6.07, 6.45) is 1.42. The number of hydrogen-bond acceptors (Lipinski definition) is 5. The standard InChI is InChI=1S/C16H13FN2O4/c1-10(20)19-11-5-6-12(13(17)8-11)15(21)9-23-16(22)14-4-2-3-7-18-14/h2-8H,9H2,1H3,(H,19,20). The molecule has 6 nitrogen and oxygen atoms in total. The van der Waals surface area contributed by atoms with E-state index >= 15 is 0 Å². The highest BCUT2D eigenvalue weighted by atomic mass is 19.1. The molecule has 23 heavy (non-hydrogen) atoms. The van der Waals surface area contributed by atoms with Crippen LogP contribution in [0.1, 0.15) is 27.8 Å². The number of ether oxygens (including phenoxy) is 1. The zero-order valence-electron chi connectivity index (χ0n) is 12.2. The van der Waals surface area contributed by atoms with Crippen LogP contribution in [0.4, 0.5) is 10.1 Å². The SMILES string of the molecule is CC(=O)Nc1ccc(C(=O)COC(=O)c2ccccn2)c(F)c1. The van der Waals surface area contributed by atoms with Crippen molar-refractivity contribution in [1.29, 1.82) is 0 Å². The number of nitrogens with zero attached hydrogens (tertiary/aromatic N) is 1. The highest BCUT2D eigenvalue weighted by molar-refractivity contribution is 6.00. The van der Waals surface area contributed by atoms with Gasteiger partial charge in [0.2, 0.25) is 11.7 Å². The Bertz CT molecular complexity index is 747. The van der Waals surface area contributed by atoms with Crippen molar-refractivity contribution in [3.63, 3.8) is 0 Å². The van der Waals surface area contributed by atoms with E-state index in [4.69, 9.17) is 4.74 Å². The van der Waals surface area contributed by atoms with Gasteiger partial charge < -0.3 is 10.1 Å². The summed E-state index contributed by atoms with van der Waals surface area (Å²) in [5.74, 6) is -2.63. The van der Waals surface area contributed by atoms with E-state index in [2.05, 4.69) is 10.3 Å². The Morgan fingerprint density at radius 2 is 2.00 bits per heavy atom. The largest absolute Gasteiger partial charge is 0.453 e. The lowest BCUT2D eigenvalue weighted by Crippen LogP contribution is -2.16. The van der Waals surface area contributed by atoms with Crippen LogP contribution in [0, 0.1) is 5.82 Å². The summed E-state index contributed by atoms with van der Waals surface area (Å²) in [7, 11) is 0. The molecule has 118 valence electrons. The molecule has 2 rings (SSSR count). The highest BCUT2D eigenvalue weighted by Crippen LogP contribution is 2.15. The molecule has 0 saturated carbocycles. The average molecular weight is 316 g/mol. The number of rotatable bonds is 5. The van der Waals surface area contributed by atoms with Gasteiger partial charge in [0.15, 0.2) is 6.61 Å². The first-order valence-electron chi connectivity index (χ1n) is 6.66. The lowest BCUT2D eigenvalue weighted by atomic mass is 10.1. The van der Waals surface area contributed by atoms with Gasteiger partial charge in [0.25, 0.3) is 0 Å². The van der Waals surface area contributed by atoms with E-state index in [0.29, 0.717) is 0 Å². The predicted octanol–water partition coefficient (Wildman–Crippen LogP) is 2.22. The number of pyridine rings is 1. The van der Waals surface area contributed by atoms with Crippen molar-refractivity contribution in [3.05, 3.63) is 59.7 Å². The molecule has 0 atom stereocenters. The number of halogens is 1. The van der Waals surface area contributed by atoms with Crippen LogP contribution in [0.5, 0.6) is 0 Å². The zero-order chi connectivity index (χ0) is 16.8. The van der Waals surface area contributed by atoms with Crippen molar-refractivity contribution >= 4 is 23.3 Å². The lowest BCUT2D eigenvalue weighted by molar-refractivity contribution is -0.114. The van der Waals surface area contributed by atoms with E-state index in [1.54, 1.807) is 12.1 Å². The molecule has 2 aromatic rings. The fourth-order valence-electron chi connectivity index (χ4n) is 1.79. The number of esters is 1. The Morgan fingerprint density at radius 3 is 2.61 bits per heavy atom. The van der Waals surface area contributed by atoms with Gasteiger partial charge in [0.05, 0.1) is 5.56 Å². The number of nitrogens with one attached hydrogen (secondary N) is 1. The third kappa shape index (κ3) is 4.44. The maximum atomic E-state index is 13.9. The number of ketones is 1. The third-order valence-electron chi connectivity index (χ3n) is 2.80. The Hall–Kier alpha value is -3.09. The highest BCUT2D eigenvalue weighted by Gasteiger charge is 2.16. The van der Waals surface area contributed by atoms with Gasteiger partial charge in [0.1, 0.15) is 11.5 Å². The molecule has 1 amide bonds. The molecule has 1 N–H and O–H groups in total. The summed E-state index contributed by atoms with van der Waals surface area (Å²) >= 11 is 0. The molecule has 0 fully saturated rings. The summed E-state index contributed by atoms with van der Waals surface area (Å²) in [5.41, 5.74) is 0.0618. The summed E-state index contributed by atoms with van der Waals surface area (Å²) in [5, 5.41) is 2.40. The molecule has 0 saturated heterocycles. The Labute approximate surface area is 131 Å². The fraction of sp³-hybridized carbons (Fsp3) is 0.125. The molecule has 0 aliphatic heterocycles. The summed E-state index contributed by atoms with van der Waals surface area (Å²) in [6, 6.07) is 8.31. The Kier molecular flexibility index (Phi) is 5.14. The molecule has 1 aromatic heterocycles. The quantitative estimate of drug-likeness (QED) is 0.675. The van der Waals surface area contributed by atoms with Gasteiger partial charge in [-0.15, -0.1) is 0 Å². The summed E-state index contributed by atoms with van der Waals surface area (Å²) in [6.45, 7) is 0.680. The number of carbonyl (C=O) groups excluding carboxylic acids is 3. The van der Waals surface area contributed by atoms with Crippen molar-refractivity contribution in [2.45, 2.75) is 6.92 Å². The number of aromatic nitrogens is 1. The van der Waals surface area contributed by atoms with Crippen LogP contribution in [0.3, 0.4) is 0 Å². The summed E-state index contributed by atoms with van der Waals surface area (Å²) < 4.78 is 18.7. The number of carbonyl (C=O) groups is 3. The first-order valence-corrected chi connectivity index (χ1v) is 6.66. The second-order valence-corrected chi connectivity index (χ2v) is 4.59. The van der Waals surface area contributed by atoms with E-state index < -0.39 is 24.2 Å². The predicted molar refractivity (Wildman–Crippen MR) is 79.6 cm³/mol. The Balaban J connectivity index is 2.01. The molecule has 0 bridgehead atoms. The van der Waals surface area contributed by atoms with Gasteiger partial charge in [0, 0.05) is 18.8 Å². The van der Waals surface area contributed by atoms with Crippen LogP contribution in [0.15, 0.2) is 42.6 Å². The molecule has 0 radical (unpaired) electrons. The molecule has 1 aromatic carbocycles. The van der Waals surface area contributed by atoms with E-state index in [9.17, 15) is 18.8 Å². The molecule has 0 aliphatic carbocycles. The lowest BCUT2D eigenvalue weighted by Gasteiger charge is -2.07. The van der Waals surface area contributed by atoms with Gasteiger partial charge >= 0.3 is 5.97 Å². The van der Waals surface area contributed by atoms with E-state index in [-0.39, 0.29) is 22.9 Å². The first kappa shape index (κ1) is 16.3. The maximum absolute atomic E-state index is 13.9. The first-order chi connectivity index (χ1) is 11.0. The second-order valence-electron chi connectivity index (χ2n) is 4.59. The van der Waals surface area contributed by atoms with Gasteiger partial charge in [-0.3, -0.25) is 9.59 Å². The molecular formula is C16H13FN2O4. The number of hydrogen-bond donors (Lipinski definition) is 1. The summed E-state index contributed by atoms with van der Waals surface area (Å²) in [4.78, 5) is 38.2. The zero-order valence-corrected chi connectivity index (χ0v) is 12.2. The number of anilines is 1. The van der Waals surface area contributed by atoms with Crippen LogP contribution >= 0.6 is 0 Å². The van der Waals surface area contributed by atoms with Crippen LogP contribution in [0.25, 0.3) is 0 Å². The minimum absolute atomic E-state index is 0.0572. The fourth-order valence-corrected chi connectivity index (χ4v) is 1.79. The number of Topliss-reactive ketones (excluding diaryl/α,β-unsaturated/α-hetero) is 1. The average Bonchev–Trinajstić information content (AvgIpc) is 2.52. The number of amides is 1. The topological polar surface area (TPSA) is 85.4 Å². The van der Waals surface area contributed by atoms with Crippen LogP contribution in [-0.2, 0) is 9.53 Å². The maximum Gasteiger partial charge on any atom is 0.357 e. The van der Waals surface area contributed by atoms with Crippen molar-refractivity contribution < 1.29 is 23.5 Å². The van der Waals surface area contributed by atoms with Crippen molar-refractivity contribution in [3.8, 4) is 0 Å². The van der Waals surface area contributed by atoms with E-state index in [0.717, 1.165) is 6.07 Å². The smallest absolute Gasteiger partial charge is 0.357 e. The monoisotopic (exact) mass is 316 g/mol. The van der Waals surface area contributed by atoms with E-state index in [1.165, 1.54) is 31.3 Å². The van der Waals surface area contributed by atoms with E-state index in [1.807, 2.05) is 0 Å². The second kappa shape index (κ2) is 7.26. The van der Waals surface area contributed by atoms with Gasteiger partial charge in [-0.05, 0) is 30.3 Å². The molecular weight excluding hydrogens is 303 g/mol. The van der Waals surface area contributed by atoms with Gasteiger partial charge in [-0.1, -0.05) is 6.07 Å². The molecule has 0 aliphatic rings. The molecule has 0 spiro atoms. The molecule has 0 unspecified atom stereocenters. The van der Waals surface area contributed by atoms with Crippen LogP contribution in [0.2, 0.25) is 0 Å².